The Morgan fingerprint density at radius 2 is 2.33 bits per heavy atom. The fourth-order valence-electron chi connectivity index (χ4n) is 1.72. The normalized spacial score (nSPS) is 14.8. The minimum atomic E-state index is -0.000767. The number of nitrogens with two attached hydrogens (primary N) is 1. The van der Waals surface area contributed by atoms with Gasteiger partial charge in [0.25, 0.3) is 5.91 Å². The Labute approximate surface area is 88.6 Å². The molecule has 0 bridgehead atoms. The molecule has 80 valence electrons. The molecular weight excluding hydrogens is 192 g/mol. The van der Waals surface area contributed by atoms with Crippen LogP contribution in [0, 0.1) is 0 Å². The van der Waals surface area contributed by atoms with Crippen LogP contribution in [0.25, 0.3) is 0 Å². The second-order valence-electron chi connectivity index (χ2n) is 3.43. The number of fused-ring (bicyclic) bond motifs is 1. The van der Waals surface area contributed by atoms with E-state index in [0.717, 1.165) is 17.0 Å². The number of likely N-dealkylation sites (N-methyl/N-ethyl adjacent to an activating group) is 1. The number of hydrogen-bond acceptors (Lipinski definition) is 3. The van der Waals surface area contributed by atoms with Crippen molar-refractivity contribution in [3.05, 3.63) is 23.8 Å². The van der Waals surface area contributed by atoms with E-state index in [1.807, 2.05) is 25.1 Å². The molecule has 1 heterocycles. The lowest BCUT2D eigenvalue weighted by Crippen LogP contribution is -2.38. The lowest BCUT2D eigenvalue weighted by Gasteiger charge is -2.28. The number of anilines is 1. The largest absolute Gasteiger partial charge is 0.482 e. The van der Waals surface area contributed by atoms with Gasteiger partial charge in [0, 0.05) is 13.1 Å². The minimum absolute atomic E-state index is 0.000767. The third-order valence-corrected chi connectivity index (χ3v) is 2.52. The monoisotopic (exact) mass is 206 g/mol. The van der Waals surface area contributed by atoms with E-state index < -0.39 is 0 Å². The molecule has 1 aliphatic heterocycles. The van der Waals surface area contributed by atoms with Gasteiger partial charge < -0.3 is 15.4 Å². The van der Waals surface area contributed by atoms with Crippen LogP contribution >= 0.6 is 0 Å². The summed E-state index contributed by atoms with van der Waals surface area (Å²) in [6.45, 7) is 3.20. The molecule has 2 N–H and O–H groups in total. The highest BCUT2D eigenvalue weighted by molar-refractivity contribution is 5.97. The molecule has 15 heavy (non-hydrogen) atoms. The fraction of sp³-hybridized carbons (Fsp3) is 0.364. The van der Waals surface area contributed by atoms with Crippen LogP contribution in [-0.4, -0.2) is 19.1 Å². The smallest absolute Gasteiger partial charge is 0.265 e. The van der Waals surface area contributed by atoms with Gasteiger partial charge in [-0.25, -0.2) is 0 Å². The van der Waals surface area contributed by atoms with Crippen molar-refractivity contribution in [1.29, 1.82) is 0 Å². The number of rotatable bonds is 2. The molecule has 4 nitrogen and oxygen atoms in total. The van der Waals surface area contributed by atoms with Gasteiger partial charge in [-0.15, -0.1) is 0 Å². The van der Waals surface area contributed by atoms with Gasteiger partial charge in [0.2, 0.25) is 0 Å². The summed E-state index contributed by atoms with van der Waals surface area (Å²) in [5, 5.41) is 0. The van der Waals surface area contributed by atoms with E-state index in [1.165, 1.54) is 0 Å². The molecule has 4 heteroatoms. The number of benzene rings is 1. The predicted molar refractivity (Wildman–Crippen MR) is 57.9 cm³/mol. The van der Waals surface area contributed by atoms with Crippen molar-refractivity contribution in [3.63, 3.8) is 0 Å². The summed E-state index contributed by atoms with van der Waals surface area (Å²) >= 11 is 0. The first-order chi connectivity index (χ1) is 7.26. The van der Waals surface area contributed by atoms with E-state index in [9.17, 15) is 4.79 Å². The summed E-state index contributed by atoms with van der Waals surface area (Å²) in [5.74, 6) is 0.757. The van der Waals surface area contributed by atoms with Crippen molar-refractivity contribution in [3.8, 4) is 5.75 Å². The molecule has 0 saturated heterocycles. The fourth-order valence-corrected chi connectivity index (χ4v) is 1.72. The molecule has 0 aliphatic carbocycles. The third kappa shape index (κ3) is 1.68. The van der Waals surface area contributed by atoms with Gasteiger partial charge in [-0.1, -0.05) is 6.07 Å². The molecule has 0 unspecified atom stereocenters. The van der Waals surface area contributed by atoms with Crippen LogP contribution in [0.4, 0.5) is 5.69 Å². The third-order valence-electron chi connectivity index (χ3n) is 2.52. The summed E-state index contributed by atoms with van der Waals surface area (Å²) in [5.41, 5.74) is 7.40. The van der Waals surface area contributed by atoms with Crippen molar-refractivity contribution in [2.75, 3.05) is 18.1 Å². The van der Waals surface area contributed by atoms with E-state index in [1.54, 1.807) is 4.90 Å². The lowest BCUT2D eigenvalue weighted by atomic mass is 10.1. The Kier molecular flexibility index (Phi) is 2.60. The Morgan fingerprint density at radius 3 is 3.00 bits per heavy atom. The van der Waals surface area contributed by atoms with Gasteiger partial charge in [-0.2, -0.15) is 0 Å². The van der Waals surface area contributed by atoms with Crippen LogP contribution in [0.3, 0.4) is 0 Å². The van der Waals surface area contributed by atoms with Crippen molar-refractivity contribution in [1.82, 2.24) is 0 Å². The minimum Gasteiger partial charge on any atom is -0.482 e. The molecule has 0 saturated carbocycles. The van der Waals surface area contributed by atoms with Crippen molar-refractivity contribution >= 4 is 11.6 Å². The number of ether oxygens (including phenoxy) is 1. The molecule has 1 aromatic carbocycles. The standard InChI is InChI=1S/C11H14N2O2/c1-2-13-9-5-8(6-12)3-4-10(9)15-7-11(13)14/h3-5H,2,6-7,12H2,1H3. The molecule has 0 aromatic heterocycles. The first-order valence-corrected chi connectivity index (χ1v) is 5.02. The predicted octanol–water partition coefficient (Wildman–Crippen LogP) is 0.891. The summed E-state index contributed by atoms with van der Waals surface area (Å²) in [4.78, 5) is 13.3. The zero-order valence-corrected chi connectivity index (χ0v) is 8.69. The van der Waals surface area contributed by atoms with Gasteiger partial charge in [0.05, 0.1) is 5.69 Å². The Balaban J connectivity index is 2.45. The molecule has 2 rings (SSSR count). The van der Waals surface area contributed by atoms with E-state index in [4.69, 9.17) is 10.5 Å². The number of carbonyl (C=O) groups excluding carboxylic acids is 1. The van der Waals surface area contributed by atoms with Gasteiger partial charge in [-0.3, -0.25) is 4.79 Å². The quantitative estimate of drug-likeness (QED) is 0.781. The van der Waals surface area contributed by atoms with E-state index in [0.29, 0.717) is 13.1 Å². The van der Waals surface area contributed by atoms with Gasteiger partial charge in [0.15, 0.2) is 6.61 Å². The topological polar surface area (TPSA) is 55.6 Å². The van der Waals surface area contributed by atoms with Crippen LogP contribution in [0.5, 0.6) is 5.75 Å². The summed E-state index contributed by atoms with van der Waals surface area (Å²) in [6.07, 6.45) is 0. The van der Waals surface area contributed by atoms with Crippen molar-refractivity contribution in [2.24, 2.45) is 5.73 Å². The first kappa shape index (κ1) is 9.98. The molecule has 0 fully saturated rings. The average Bonchev–Trinajstić information content (AvgIpc) is 2.28. The lowest BCUT2D eigenvalue weighted by molar-refractivity contribution is -0.121. The van der Waals surface area contributed by atoms with E-state index in [-0.39, 0.29) is 12.5 Å². The maximum Gasteiger partial charge on any atom is 0.265 e. The maximum absolute atomic E-state index is 11.6. The SMILES string of the molecule is CCN1C(=O)COc2ccc(CN)cc21. The van der Waals surface area contributed by atoms with Crippen LogP contribution in [0.15, 0.2) is 18.2 Å². The average molecular weight is 206 g/mol. The van der Waals surface area contributed by atoms with Gasteiger partial charge in [0.1, 0.15) is 5.75 Å². The highest BCUT2D eigenvalue weighted by atomic mass is 16.5. The zero-order chi connectivity index (χ0) is 10.8. The van der Waals surface area contributed by atoms with Crippen LogP contribution in [-0.2, 0) is 11.3 Å². The number of nitrogens with zero attached hydrogens (tertiary/aromatic N) is 1. The van der Waals surface area contributed by atoms with Crippen LogP contribution in [0.2, 0.25) is 0 Å². The summed E-state index contributed by atoms with van der Waals surface area (Å²) in [7, 11) is 0. The number of amides is 1. The Morgan fingerprint density at radius 1 is 1.53 bits per heavy atom. The molecule has 1 amide bonds. The maximum atomic E-state index is 11.6. The van der Waals surface area contributed by atoms with Crippen molar-refractivity contribution < 1.29 is 9.53 Å². The molecular formula is C11H14N2O2. The Bertz CT molecular complexity index is 390. The van der Waals surface area contributed by atoms with Gasteiger partial charge >= 0.3 is 0 Å². The molecule has 0 radical (unpaired) electrons. The van der Waals surface area contributed by atoms with E-state index in [2.05, 4.69) is 0 Å². The number of hydrogen-bond donors (Lipinski definition) is 1. The Hall–Kier alpha value is -1.55. The molecule has 0 atom stereocenters. The van der Waals surface area contributed by atoms with Crippen LogP contribution in [0.1, 0.15) is 12.5 Å². The van der Waals surface area contributed by atoms with E-state index >= 15 is 0 Å². The molecule has 1 aromatic rings. The zero-order valence-electron chi connectivity index (χ0n) is 8.69. The van der Waals surface area contributed by atoms with Crippen LogP contribution < -0.4 is 15.4 Å². The second kappa shape index (κ2) is 3.90. The summed E-state index contributed by atoms with van der Waals surface area (Å²) in [6, 6.07) is 5.70. The molecule has 1 aliphatic rings. The first-order valence-electron chi connectivity index (χ1n) is 5.02. The summed E-state index contributed by atoms with van der Waals surface area (Å²) < 4.78 is 5.34. The highest BCUT2D eigenvalue weighted by Gasteiger charge is 2.23. The van der Waals surface area contributed by atoms with Gasteiger partial charge in [-0.05, 0) is 24.6 Å². The van der Waals surface area contributed by atoms with Crippen molar-refractivity contribution in [2.45, 2.75) is 13.5 Å². The second-order valence-corrected chi connectivity index (χ2v) is 3.43. The highest BCUT2D eigenvalue weighted by Crippen LogP contribution is 2.32. The number of carbonyl (C=O) groups is 1. The molecule has 0 spiro atoms.